The number of hydrogen-bond donors (Lipinski definition) is 1. The van der Waals surface area contributed by atoms with Crippen molar-refractivity contribution < 1.29 is 0 Å². The first-order valence-electron chi connectivity index (χ1n) is 6.77. The summed E-state index contributed by atoms with van der Waals surface area (Å²) in [6.07, 6.45) is 3.59. The molecule has 0 amide bonds. The predicted molar refractivity (Wildman–Crippen MR) is 84.1 cm³/mol. The van der Waals surface area contributed by atoms with E-state index in [0.29, 0.717) is 11.9 Å². The fraction of sp³-hybridized carbons (Fsp3) is 0.429. The zero-order valence-corrected chi connectivity index (χ0v) is 12.6. The Labute approximate surface area is 123 Å². The molecular formula is C14H19N5S. The van der Waals surface area contributed by atoms with Crippen molar-refractivity contribution >= 4 is 22.4 Å². The van der Waals surface area contributed by atoms with Gasteiger partial charge in [-0.25, -0.2) is 0 Å². The Kier molecular flexibility index (Phi) is 3.58. The largest absolute Gasteiger partial charge is 0.382 e. The summed E-state index contributed by atoms with van der Waals surface area (Å²) in [4.78, 5) is 8.85. The van der Waals surface area contributed by atoms with Gasteiger partial charge in [0.2, 0.25) is 0 Å². The van der Waals surface area contributed by atoms with E-state index in [0.717, 1.165) is 30.8 Å². The van der Waals surface area contributed by atoms with Crippen LogP contribution in [0.2, 0.25) is 0 Å². The second kappa shape index (κ2) is 5.38. The lowest BCUT2D eigenvalue weighted by Crippen LogP contribution is -2.50. The summed E-state index contributed by atoms with van der Waals surface area (Å²) in [6, 6.07) is 4.45. The number of nitrogen functional groups attached to an aromatic ring is 1. The topological polar surface area (TPSA) is 58.3 Å². The van der Waals surface area contributed by atoms with Crippen molar-refractivity contribution in [3.8, 4) is 11.1 Å². The van der Waals surface area contributed by atoms with Crippen molar-refractivity contribution in [3.63, 3.8) is 0 Å². The minimum Gasteiger partial charge on any atom is -0.382 e. The van der Waals surface area contributed by atoms with Crippen molar-refractivity contribution in [1.29, 1.82) is 0 Å². The van der Waals surface area contributed by atoms with E-state index in [2.05, 4.69) is 33.1 Å². The summed E-state index contributed by atoms with van der Waals surface area (Å²) in [7, 11) is 2.17. The Balaban J connectivity index is 1.99. The van der Waals surface area contributed by atoms with E-state index in [-0.39, 0.29) is 0 Å². The molecule has 0 aromatic carbocycles. The number of pyridine rings is 1. The van der Waals surface area contributed by atoms with Gasteiger partial charge in [0.25, 0.3) is 0 Å². The summed E-state index contributed by atoms with van der Waals surface area (Å²) in [6.45, 7) is 5.39. The van der Waals surface area contributed by atoms with Crippen LogP contribution in [0.1, 0.15) is 6.92 Å². The summed E-state index contributed by atoms with van der Waals surface area (Å²) in [5.74, 6) is 0.613. The van der Waals surface area contributed by atoms with Crippen LogP contribution in [-0.4, -0.2) is 47.0 Å². The van der Waals surface area contributed by atoms with Crippen molar-refractivity contribution in [3.05, 3.63) is 24.5 Å². The van der Waals surface area contributed by atoms with Gasteiger partial charge in [0.15, 0.2) is 0 Å². The number of rotatable bonds is 2. The Morgan fingerprint density at radius 2 is 2.05 bits per heavy atom. The van der Waals surface area contributed by atoms with Crippen LogP contribution in [0.25, 0.3) is 11.1 Å². The lowest BCUT2D eigenvalue weighted by molar-refractivity contribution is 0.276. The van der Waals surface area contributed by atoms with Crippen LogP contribution in [0.5, 0.6) is 0 Å². The van der Waals surface area contributed by atoms with Crippen molar-refractivity contribution in [2.24, 2.45) is 0 Å². The molecule has 2 aromatic rings. The molecule has 0 radical (unpaired) electrons. The highest BCUT2D eigenvalue weighted by Gasteiger charge is 2.26. The van der Waals surface area contributed by atoms with Crippen LogP contribution in [0, 0.1) is 0 Å². The molecule has 0 bridgehead atoms. The number of hydrogen-bond acceptors (Lipinski definition) is 6. The molecule has 0 saturated carbocycles. The summed E-state index contributed by atoms with van der Waals surface area (Å²) in [5, 5.41) is 1.18. The van der Waals surface area contributed by atoms with E-state index < -0.39 is 0 Å². The van der Waals surface area contributed by atoms with Gasteiger partial charge in [0, 0.05) is 38.1 Å². The molecule has 2 aromatic heterocycles. The van der Waals surface area contributed by atoms with Crippen LogP contribution in [-0.2, 0) is 0 Å². The molecule has 0 spiro atoms. The third kappa shape index (κ3) is 2.36. The molecule has 2 N–H and O–H groups in total. The number of likely N-dealkylation sites (N-methyl/N-ethyl adjacent to an activating group) is 1. The highest BCUT2D eigenvalue weighted by molar-refractivity contribution is 7.11. The van der Waals surface area contributed by atoms with E-state index in [4.69, 9.17) is 5.73 Å². The van der Waals surface area contributed by atoms with Gasteiger partial charge in [-0.3, -0.25) is 4.98 Å². The van der Waals surface area contributed by atoms with E-state index in [1.165, 1.54) is 16.5 Å². The molecule has 20 heavy (non-hydrogen) atoms. The average molecular weight is 289 g/mol. The van der Waals surface area contributed by atoms with Crippen LogP contribution < -0.4 is 10.6 Å². The minimum absolute atomic E-state index is 0.467. The van der Waals surface area contributed by atoms with Crippen molar-refractivity contribution in [2.45, 2.75) is 13.0 Å². The van der Waals surface area contributed by atoms with Crippen LogP contribution in [0.3, 0.4) is 0 Å². The Morgan fingerprint density at radius 3 is 2.75 bits per heavy atom. The summed E-state index contributed by atoms with van der Waals surface area (Å²) in [5.41, 5.74) is 8.23. The first kappa shape index (κ1) is 13.3. The van der Waals surface area contributed by atoms with Gasteiger partial charge in [-0.1, -0.05) is 0 Å². The smallest absolute Gasteiger partial charge is 0.147 e. The normalized spacial score (nSPS) is 20.3. The lowest BCUT2D eigenvalue weighted by Gasteiger charge is -2.39. The third-order valence-electron chi connectivity index (χ3n) is 3.76. The van der Waals surface area contributed by atoms with E-state index in [1.54, 1.807) is 12.4 Å². The molecule has 1 saturated heterocycles. The Hall–Kier alpha value is -1.66. The van der Waals surface area contributed by atoms with Crippen LogP contribution >= 0.6 is 11.5 Å². The molecule has 3 heterocycles. The maximum absolute atomic E-state index is 6.09. The fourth-order valence-electron chi connectivity index (χ4n) is 2.72. The second-order valence-electron chi connectivity index (χ2n) is 5.29. The van der Waals surface area contributed by atoms with Gasteiger partial charge >= 0.3 is 0 Å². The maximum Gasteiger partial charge on any atom is 0.147 e. The molecule has 1 atom stereocenters. The zero-order valence-electron chi connectivity index (χ0n) is 11.8. The molecule has 0 aliphatic carbocycles. The number of nitrogens with two attached hydrogens (primary N) is 1. The van der Waals surface area contributed by atoms with Gasteiger partial charge in [0.05, 0.1) is 5.56 Å². The molecule has 3 rings (SSSR count). The monoisotopic (exact) mass is 289 g/mol. The van der Waals surface area contributed by atoms with Crippen LogP contribution in [0.4, 0.5) is 10.8 Å². The summed E-state index contributed by atoms with van der Waals surface area (Å²) >= 11 is 1.49. The quantitative estimate of drug-likeness (QED) is 0.915. The first-order valence-corrected chi connectivity index (χ1v) is 7.55. The highest BCUT2D eigenvalue weighted by atomic mass is 32.1. The summed E-state index contributed by atoms with van der Waals surface area (Å²) < 4.78 is 4.37. The average Bonchev–Trinajstić information content (AvgIpc) is 2.81. The Bertz CT molecular complexity index is 583. The number of anilines is 2. The minimum atomic E-state index is 0.467. The molecule has 1 fully saturated rings. The number of nitrogens with zero attached hydrogens (tertiary/aromatic N) is 4. The third-order valence-corrected chi connectivity index (χ3v) is 4.66. The highest BCUT2D eigenvalue weighted by Crippen LogP contribution is 2.40. The van der Waals surface area contributed by atoms with Gasteiger partial charge in [-0.2, -0.15) is 4.37 Å². The second-order valence-corrected chi connectivity index (χ2v) is 6.04. The molecule has 6 heteroatoms. The molecule has 1 aliphatic rings. The van der Waals surface area contributed by atoms with E-state index >= 15 is 0 Å². The SMILES string of the molecule is CC1CN(C)CCN1c1snc(N)c1-c1ccncc1. The van der Waals surface area contributed by atoms with E-state index in [9.17, 15) is 0 Å². The lowest BCUT2D eigenvalue weighted by atomic mass is 10.1. The standard InChI is InChI=1S/C14H19N5S/c1-10-9-18(2)7-8-19(10)14-12(13(15)17-20-14)11-3-5-16-6-4-11/h3-6,10H,7-9H2,1-2H3,(H2,15,17). The number of piperazine rings is 1. The maximum atomic E-state index is 6.09. The van der Waals surface area contributed by atoms with Gasteiger partial charge in [0.1, 0.15) is 10.8 Å². The zero-order chi connectivity index (χ0) is 14.1. The van der Waals surface area contributed by atoms with Crippen molar-refractivity contribution in [2.75, 3.05) is 37.3 Å². The van der Waals surface area contributed by atoms with E-state index in [1.807, 2.05) is 12.1 Å². The van der Waals surface area contributed by atoms with Gasteiger partial charge in [-0.05, 0) is 43.2 Å². The van der Waals surface area contributed by atoms with Gasteiger partial charge in [-0.15, -0.1) is 0 Å². The first-order chi connectivity index (χ1) is 9.66. The van der Waals surface area contributed by atoms with Gasteiger partial charge < -0.3 is 15.5 Å². The molecule has 106 valence electrons. The van der Waals surface area contributed by atoms with Crippen molar-refractivity contribution in [1.82, 2.24) is 14.3 Å². The van der Waals surface area contributed by atoms with Crippen LogP contribution in [0.15, 0.2) is 24.5 Å². The number of aromatic nitrogens is 2. The fourth-order valence-corrected chi connectivity index (χ4v) is 3.69. The molecule has 1 unspecified atom stereocenters. The Morgan fingerprint density at radius 1 is 1.30 bits per heavy atom. The molecule has 1 aliphatic heterocycles. The molecule has 5 nitrogen and oxygen atoms in total. The predicted octanol–water partition coefficient (Wildman–Crippen LogP) is 1.93. The molecular weight excluding hydrogens is 270 g/mol.